The number of carboxylic acids is 1. The van der Waals surface area contributed by atoms with Gasteiger partial charge in [0.1, 0.15) is 11.6 Å². The Hall–Kier alpha value is -1.43. The van der Waals surface area contributed by atoms with Crippen molar-refractivity contribution in [1.29, 1.82) is 0 Å². The molecule has 1 rings (SSSR count). The van der Waals surface area contributed by atoms with Crippen molar-refractivity contribution in [1.82, 2.24) is 0 Å². The Morgan fingerprint density at radius 2 is 2.27 bits per heavy atom. The van der Waals surface area contributed by atoms with Gasteiger partial charge in [0.15, 0.2) is 6.29 Å². The standard InChI is InChI=1S/C9H6BrFO4/c1-15-6-2-4(9(13)14)8(11)5(3-12)7(6)10/h2-3H,1H3,(H,13,14). The lowest BCUT2D eigenvalue weighted by molar-refractivity contribution is 0.0691. The molecule has 0 aromatic heterocycles. The average molecular weight is 277 g/mol. The molecule has 0 saturated heterocycles. The summed E-state index contributed by atoms with van der Waals surface area (Å²) in [5.41, 5.74) is -0.969. The fourth-order valence-electron chi connectivity index (χ4n) is 1.04. The number of hydrogen-bond acceptors (Lipinski definition) is 3. The Kier molecular flexibility index (Phi) is 3.41. The summed E-state index contributed by atoms with van der Waals surface area (Å²) in [6.45, 7) is 0. The lowest BCUT2D eigenvalue weighted by Crippen LogP contribution is -2.05. The SMILES string of the molecule is COc1cc(C(=O)O)c(F)c(C=O)c1Br. The van der Waals surface area contributed by atoms with Gasteiger partial charge in [-0.25, -0.2) is 9.18 Å². The molecule has 80 valence electrons. The van der Waals surface area contributed by atoms with E-state index in [9.17, 15) is 14.0 Å². The van der Waals surface area contributed by atoms with Gasteiger partial charge in [-0.15, -0.1) is 0 Å². The first kappa shape index (κ1) is 11.6. The molecule has 0 saturated carbocycles. The predicted octanol–water partition coefficient (Wildman–Crippen LogP) is 2.11. The molecule has 15 heavy (non-hydrogen) atoms. The number of carboxylic acid groups (broad SMARTS) is 1. The van der Waals surface area contributed by atoms with Gasteiger partial charge in [0.25, 0.3) is 0 Å². The second-order valence-electron chi connectivity index (χ2n) is 2.59. The van der Waals surface area contributed by atoms with Gasteiger partial charge >= 0.3 is 5.97 Å². The fraction of sp³-hybridized carbons (Fsp3) is 0.111. The molecule has 0 spiro atoms. The van der Waals surface area contributed by atoms with Crippen LogP contribution >= 0.6 is 15.9 Å². The van der Waals surface area contributed by atoms with Crippen LogP contribution in [0.5, 0.6) is 5.75 Å². The normalized spacial score (nSPS) is 9.80. The quantitative estimate of drug-likeness (QED) is 0.859. The van der Waals surface area contributed by atoms with Gasteiger partial charge < -0.3 is 9.84 Å². The van der Waals surface area contributed by atoms with E-state index in [0.29, 0.717) is 0 Å². The van der Waals surface area contributed by atoms with Crippen LogP contribution in [0.4, 0.5) is 4.39 Å². The predicted molar refractivity (Wildman–Crippen MR) is 53.0 cm³/mol. The third kappa shape index (κ3) is 1.99. The molecule has 0 fully saturated rings. The van der Waals surface area contributed by atoms with E-state index in [1.165, 1.54) is 7.11 Å². The Labute approximate surface area is 92.8 Å². The summed E-state index contributed by atoms with van der Waals surface area (Å²) in [4.78, 5) is 21.2. The molecule has 0 atom stereocenters. The van der Waals surface area contributed by atoms with Gasteiger partial charge in [0.05, 0.1) is 22.7 Å². The molecule has 0 amide bonds. The lowest BCUT2D eigenvalue weighted by atomic mass is 10.1. The zero-order valence-corrected chi connectivity index (χ0v) is 9.17. The molecule has 6 heteroatoms. The maximum absolute atomic E-state index is 13.4. The van der Waals surface area contributed by atoms with Gasteiger partial charge in [0, 0.05) is 0 Å². The van der Waals surface area contributed by atoms with Crippen molar-refractivity contribution < 1.29 is 23.8 Å². The van der Waals surface area contributed by atoms with Crippen molar-refractivity contribution in [2.75, 3.05) is 7.11 Å². The first-order chi connectivity index (χ1) is 7.02. The fourth-order valence-corrected chi connectivity index (χ4v) is 1.58. The van der Waals surface area contributed by atoms with Crippen LogP contribution in [0.25, 0.3) is 0 Å². The van der Waals surface area contributed by atoms with Crippen molar-refractivity contribution in [3.05, 3.63) is 27.5 Å². The summed E-state index contributed by atoms with van der Waals surface area (Å²) in [5, 5.41) is 8.67. The average Bonchev–Trinajstić information content (AvgIpc) is 2.18. The third-order valence-corrected chi connectivity index (χ3v) is 2.59. The summed E-state index contributed by atoms with van der Waals surface area (Å²) in [5.74, 6) is -2.44. The number of carbonyl (C=O) groups excluding carboxylic acids is 1. The van der Waals surface area contributed by atoms with Crippen molar-refractivity contribution >= 4 is 28.2 Å². The zero-order chi connectivity index (χ0) is 11.6. The Morgan fingerprint density at radius 1 is 1.67 bits per heavy atom. The second-order valence-corrected chi connectivity index (χ2v) is 3.38. The van der Waals surface area contributed by atoms with E-state index < -0.39 is 17.3 Å². The molecule has 0 heterocycles. The molecular formula is C9H6BrFO4. The minimum atomic E-state index is -1.46. The zero-order valence-electron chi connectivity index (χ0n) is 7.58. The number of rotatable bonds is 3. The number of methoxy groups -OCH3 is 1. The van der Waals surface area contributed by atoms with E-state index >= 15 is 0 Å². The highest BCUT2D eigenvalue weighted by molar-refractivity contribution is 9.10. The minimum Gasteiger partial charge on any atom is -0.496 e. The van der Waals surface area contributed by atoms with Gasteiger partial charge in [-0.3, -0.25) is 4.79 Å². The van der Waals surface area contributed by atoms with Crippen LogP contribution in [0.15, 0.2) is 10.5 Å². The van der Waals surface area contributed by atoms with Crippen LogP contribution in [0.1, 0.15) is 20.7 Å². The van der Waals surface area contributed by atoms with Crippen molar-refractivity contribution in [3.63, 3.8) is 0 Å². The monoisotopic (exact) mass is 276 g/mol. The molecule has 0 unspecified atom stereocenters. The topological polar surface area (TPSA) is 63.6 Å². The van der Waals surface area contributed by atoms with Gasteiger partial charge in [0.2, 0.25) is 0 Å². The Balaban J connectivity index is 3.58. The highest BCUT2D eigenvalue weighted by atomic mass is 79.9. The first-order valence-electron chi connectivity index (χ1n) is 3.77. The minimum absolute atomic E-state index is 0.0934. The van der Waals surface area contributed by atoms with Crippen LogP contribution < -0.4 is 4.74 Å². The number of halogens is 2. The van der Waals surface area contributed by atoms with Crippen molar-refractivity contribution in [3.8, 4) is 5.75 Å². The second kappa shape index (κ2) is 4.39. The van der Waals surface area contributed by atoms with E-state index in [0.717, 1.165) is 6.07 Å². The smallest absolute Gasteiger partial charge is 0.338 e. The van der Waals surface area contributed by atoms with E-state index in [4.69, 9.17) is 9.84 Å². The molecule has 1 aromatic rings. The van der Waals surface area contributed by atoms with E-state index in [1.54, 1.807) is 0 Å². The van der Waals surface area contributed by atoms with Crippen molar-refractivity contribution in [2.24, 2.45) is 0 Å². The number of ether oxygens (including phenoxy) is 1. The number of carbonyl (C=O) groups is 2. The van der Waals surface area contributed by atoms with Crippen LogP contribution in [0, 0.1) is 5.82 Å². The van der Waals surface area contributed by atoms with E-state index in [-0.39, 0.29) is 22.1 Å². The highest BCUT2D eigenvalue weighted by Gasteiger charge is 2.20. The molecular weight excluding hydrogens is 271 g/mol. The molecule has 1 aromatic carbocycles. The molecule has 0 aliphatic heterocycles. The van der Waals surface area contributed by atoms with E-state index in [2.05, 4.69) is 15.9 Å². The Bertz CT molecular complexity index is 431. The van der Waals surface area contributed by atoms with Crippen LogP contribution in [0.3, 0.4) is 0 Å². The number of benzene rings is 1. The molecule has 1 N–H and O–H groups in total. The molecule has 4 nitrogen and oxygen atoms in total. The molecule has 0 bridgehead atoms. The van der Waals surface area contributed by atoms with Gasteiger partial charge in [-0.05, 0) is 22.0 Å². The summed E-state index contributed by atoms with van der Waals surface area (Å²) in [7, 11) is 1.29. The number of hydrogen-bond donors (Lipinski definition) is 1. The van der Waals surface area contributed by atoms with Crippen LogP contribution in [0.2, 0.25) is 0 Å². The molecule has 0 radical (unpaired) electrons. The number of aldehydes is 1. The maximum Gasteiger partial charge on any atom is 0.338 e. The summed E-state index contributed by atoms with van der Waals surface area (Å²) in [6.07, 6.45) is 0.231. The first-order valence-corrected chi connectivity index (χ1v) is 4.56. The largest absolute Gasteiger partial charge is 0.496 e. The molecule has 0 aliphatic carbocycles. The third-order valence-electron chi connectivity index (χ3n) is 1.77. The Morgan fingerprint density at radius 3 is 2.67 bits per heavy atom. The van der Waals surface area contributed by atoms with Crippen molar-refractivity contribution in [2.45, 2.75) is 0 Å². The highest BCUT2D eigenvalue weighted by Crippen LogP contribution is 2.31. The number of aromatic carboxylic acids is 1. The van der Waals surface area contributed by atoms with E-state index in [1.807, 2.05) is 0 Å². The van der Waals surface area contributed by atoms with Gasteiger partial charge in [-0.2, -0.15) is 0 Å². The summed E-state index contributed by atoms with van der Waals surface area (Å²) < 4.78 is 18.3. The molecule has 0 aliphatic rings. The van der Waals surface area contributed by atoms with Crippen LogP contribution in [-0.2, 0) is 0 Å². The van der Waals surface area contributed by atoms with Crippen LogP contribution in [-0.4, -0.2) is 24.5 Å². The maximum atomic E-state index is 13.4. The lowest BCUT2D eigenvalue weighted by Gasteiger charge is -2.08. The summed E-state index contributed by atoms with van der Waals surface area (Å²) >= 11 is 2.95. The summed E-state index contributed by atoms with van der Waals surface area (Å²) in [6, 6.07) is 1.01. The van der Waals surface area contributed by atoms with Gasteiger partial charge in [-0.1, -0.05) is 0 Å².